The van der Waals surface area contributed by atoms with Crippen molar-refractivity contribution in [1.29, 1.82) is 0 Å². The van der Waals surface area contributed by atoms with Gasteiger partial charge in [0, 0.05) is 5.02 Å². The van der Waals surface area contributed by atoms with Crippen LogP contribution in [0.1, 0.15) is 12.5 Å². The van der Waals surface area contributed by atoms with Gasteiger partial charge >= 0.3 is 0 Å². The minimum atomic E-state index is -0.748. The van der Waals surface area contributed by atoms with Crippen LogP contribution in [0.25, 0.3) is 0 Å². The van der Waals surface area contributed by atoms with Crippen LogP contribution in [0, 0.1) is 0 Å². The summed E-state index contributed by atoms with van der Waals surface area (Å²) in [6.07, 6.45) is -0.748. The van der Waals surface area contributed by atoms with Crippen LogP contribution in [-0.2, 0) is 4.84 Å². The molecule has 0 bridgehead atoms. The molecular weight excluding hydrogens is 302 g/mol. The summed E-state index contributed by atoms with van der Waals surface area (Å²) in [6, 6.07) is 16.6. The first-order valence-corrected chi connectivity index (χ1v) is 7.31. The average molecular weight is 320 g/mol. The summed E-state index contributed by atoms with van der Waals surface area (Å²) in [5.41, 5.74) is 1.63. The van der Waals surface area contributed by atoms with E-state index in [0.717, 1.165) is 5.56 Å². The van der Waals surface area contributed by atoms with E-state index in [9.17, 15) is 5.11 Å². The van der Waals surface area contributed by atoms with E-state index in [2.05, 4.69) is 5.16 Å². The fourth-order valence-corrected chi connectivity index (χ4v) is 1.85. The number of aliphatic hydroxyl groups excluding tert-OH is 1. The first-order valence-electron chi connectivity index (χ1n) is 6.93. The van der Waals surface area contributed by atoms with Gasteiger partial charge in [0.2, 0.25) is 0 Å². The minimum absolute atomic E-state index is 0.0672. The van der Waals surface area contributed by atoms with E-state index in [4.69, 9.17) is 21.2 Å². The Morgan fingerprint density at radius 2 is 1.77 bits per heavy atom. The lowest BCUT2D eigenvalue weighted by molar-refractivity contribution is 0.0143. The number of halogens is 1. The van der Waals surface area contributed by atoms with Crippen molar-refractivity contribution in [3.8, 4) is 5.75 Å². The standard InChI is InChI=1S/C17H18ClNO3/c1-13(14-7-9-15(18)10-8-14)19-22-12-16(20)11-21-17-5-3-2-4-6-17/h2-10,16,20H,11-12H2,1H3/b19-13+. The Balaban J connectivity index is 1.75. The van der Waals surface area contributed by atoms with Crippen molar-refractivity contribution >= 4 is 17.3 Å². The number of oxime groups is 1. The van der Waals surface area contributed by atoms with E-state index in [-0.39, 0.29) is 13.2 Å². The summed E-state index contributed by atoms with van der Waals surface area (Å²) in [6.45, 7) is 2.05. The van der Waals surface area contributed by atoms with Crippen molar-refractivity contribution in [3.05, 3.63) is 65.2 Å². The molecule has 0 aliphatic heterocycles. The van der Waals surface area contributed by atoms with Gasteiger partial charge in [-0.3, -0.25) is 0 Å². The highest BCUT2D eigenvalue weighted by atomic mass is 35.5. The predicted octanol–water partition coefficient (Wildman–Crippen LogP) is 3.52. The molecule has 1 atom stereocenters. The van der Waals surface area contributed by atoms with E-state index >= 15 is 0 Å². The number of benzene rings is 2. The third-order valence-corrected chi connectivity index (χ3v) is 3.17. The molecule has 0 saturated carbocycles. The molecule has 0 aromatic heterocycles. The van der Waals surface area contributed by atoms with Gasteiger partial charge in [0.1, 0.15) is 25.1 Å². The molecule has 0 fully saturated rings. The van der Waals surface area contributed by atoms with Crippen molar-refractivity contribution in [3.63, 3.8) is 0 Å². The summed E-state index contributed by atoms with van der Waals surface area (Å²) in [5.74, 6) is 0.711. The Labute approximate surface area is 134 Å². The predicted molar refractivity (Wildman–Crippen MR) is 87.6 cm³/mol. The lowest BCUT2D eigenvalue weighted by Crippen LogP contribution is -2.22. The van der Waals surface area contributed by atoms with Crippen LogP contribution in [0.3, 0.4) is 0 Å². The molecule has 0 heterocycles. The van der Waals surface area contributed by atoms with Crippen molar-refractivity contribution in [2.45, 2.75) is 13.0 Å². The van der Waals surface area contributed by atoms with E-state index in [1.54, 1.807) is 12.1 Å². The first kappa shape index (κ1) is 16.3. The van der Waals surface area contributed by atoms with E-state index in [1.807, 2.05) is 49.4 Å². The molecule has 1 unspecified atom stereocenters. The summed E-state index contributed by atoms with van der Waals surface area (Å²) in [4.78, 5) is 5.16. The van der Waals surface area contributed by atoms with Crippen LogP contribution in [0.2, 0.25) is 5.02 Å². The van der Waals surface area contributed by atoms with Crippen LogP contribution in [0.15, 0.2) is 59.8 Å². The van der Waals surface area contributed by atoms with E-state index < -0.39 is 6.10 Å². The zero-order valence-electron chi connectivity index (χ0n) is 12.3. The Morgan fingerprint density at radius 1 is 1.09 bits per heavy atom. The maximum Gasteiger partial charge on any atom is 0.146 e. The fourth-order valence-electron chi connectivity index (χ4n) is 1.72. The number of ether oxygens (including phenoxy) is 1. The highest BCUT2D eigenvalue weighted by Crippen LogP contribution is 2.11. The molecule has 116 valence electrons. The molecule has 0 amide bonds. The molecule has 5 heteroatoms. The Hall–Kier alpha value is -2.04. The van der Waals surface area contributed by atoms with Gasteiger partial charge in [-0.2, -0.15) is 0 Å². The molecule has 2 aromatic carbocycles. The molecule has 4 nitrogen and oxygen atoms in total. The third-order valence-electron chi connectivity index (χ3n) is 2.92. The fraction of sp³-hybridized carbons (Fsp3) is 0.235. The molecule has 0 aliphatic rings. The zero-order chi connectivity index (χ0) is 15.8. The lowest BCUT2D eigenvalue weighted by atomic mass is 10.1. The average Bonchev–Trinajstić information content (AvgIpc) is 2.54. The van der Waals surface area contributed by atoms with E-state index in [0.29, 0.717) is 16.5 Å². The topological polar surface area (TPSA) is 51.0 Å². The Bertz CT molecular complexity index is 599. The van der Waals surface area contributed by atoms with E-state index in [1.165, 1.54) is 0 Å². The van der Waals surface area contributed by atoms with Gasteiger partial charge < -0.3 is 14.7 Å². The van der Waals surface area contributed by atoms with Gasteiger partial charge in [-0.25, -0.2) is 0 Å². The highest BCUT2D eigenvalue weighted by molar-refractivity contribution is 6.30. The number of nitrogens with zero attached hydrogens (tertiary/aromatic N) is 1. The quantitative estimate of drug-likeness (QED) is 0.627. The summed E-state index contributed by atoms with van der Waals surface area (Å²) in [5, 5.41) is 14.4. The van der Waals surface area contributed by atoms with Gasteiger partial charge in [-0.15, -0.1) is 0 Å². The normalized spacial score (nSPS) is 12.8. The molecule has 0 saturated heterocycles. The molecule has 2 aromatic rings. The lowest BCUT2D eigenvalue weighted by Gasteiger charge is -2.11. The summed E-state index contributed by atoms with van der Waals surface area (Å²) >= 11 is 5.83. The molecule has 2 rings (SSSR count). The number of aliphatic hydroxyl groups is 1. The van der Waals surface area contributed by atoms with Crippen molar-refractivity contribution in [2.24, 2.45) is 5.16 Å². The largest absolute Gasteiger partial charge is 0.491 e. The SMILES string of the molecule is C/C(=N\OCC(O)COc1ccccc1)c1ccc(Cl)cc1. The van der Waals surface area contributed by atoms with Crippen molar-refractivity contribution in [1.82, 2.24) is 0 Å². The second-order valence-corrected chi connectivity index (χ2v) is 5.19. The van der Waals surface area contributed by atoms with Gasteiger partial charge in [0.15, 0.2) is 0 Å². The second kappa shape index (κ2) is 8.41. The maximum absolute atomic E-state index is 9.79. The summed E-state index contributed by atoms with van der Waals surface area (Å²) in [7, 11) is 0. The molecule has 22 heavy (non-hydrogen) atoms. The number of rotatable bonds is 7. The smallest absolute Gasteiger partial charge is 0.146 e. The number of hydrogen-bond donors (Lipinski definition) is 1. The van der Waals surface area contributed by atoms with Crippen LogP contribution in [0.5, 0.6) is 5.75 Å². The molecule has 0 radical (unpaired) electrons. The number of para-hydroxylation sites is 1. The maximum atomic E-state index is 9.79. The van der Waals surface area contributed by atoms with Crippen LogP contribution in [-0.4, -0.2) is 30.1 Å². The molecule has 0 aliphatic carbocycles. The number of hydrogen-bond acceptors (Lipinski definition) is 4. The van der Waals surface area contributed by atoms with Gasteiger partial charge in [0.25, 0.3) is 0 Å². The minimum Gasteiger partial charge on any atom is -0.491 e. The molecule has 0 spiro atoms. The Morgan fingerprint density at radius 3 is 2.45 bits per heavy atom. The van der Waals surface area contributed by atoms with Crippen molar-refractivity contribution in [2.75, 3.05) is 13.2 Å². The summed E-state index contributed by atoms with van der Waals surface area (Å²) < 4.78 is 5.43. The van der Waals surface area contributed by atoms with Crippen molar-refractivity contribution < 1.29 is 14.7 Å². The highest BCUT2D eigenvalue weighted by Gasteiger charge is 2.06. The van der Waals surface area contributed by atoms with Crippen LogP contribution in [0.4, 0.5) is 0 Å². The van der Waals surface area contributed by atoms with Gasteiger partial charge in [-0.05, 0) is 36.8 Å². The molecule has 1 N–H and O–H groups in total. The zero-order valence-corrected chi connectivity index (χ0v) is 13.0. The first-order chi connectivity index (χ1) is 10.6. The second-order valence-electron chi connectivity index (χ2n) is 4.76. The monoisotopic (exact) mass is 319 g/mol. The third kappa shape index (κ3) is 5.39. The van der Waals surface area contributed by atoms with Gasteiger partial charge in [-0.1, -0.05) is 47.1 Å². The van der Waals surface area contributed by atoms with Gasteiger partial charge in [0.05, 0.1) is 5.71 Å². The molecular formula is C17H18ClNO3. The van der Waals surface area contributed by atoms with Crippen LogP contribution >= 0.6 is 11.6 Å². The van der Waals surface area contributed by atoms with Crippen LogP contribution < -0.4 is 4.74 Å². The Kier molecular flexibility index (Phi) is 6.25.